The standard InChI is InChI=1S/C22H24N4O/c1-13(2)18-12-26(15(4)19-8-6-7-9-23-19)20-10-17(11-24-22(18)20)21-14(3)25-27-16(21)5/h6-13,15H,1-5H3/t15-/m1/s1. The molecular formula is C22H24N4O. The predicted molar refractivity (Wildman–Crippen MR) is 107 cm³/mol. The van der Waals surface area contributed by atoms with Crippen molar-refractivity contribution in [2.45, 2.75) is 46.6 Å². The van der Waals surface area contributed by atoms with Crippen LogP contribution in [0.2, 0.25) is 0 Å². The molecule has 0 aromatic carbocycles. The van der Waals surface area contributed by atoms with Gasteiger partial charge in [0.05, 0.1) is 28.5 Å². The smallest absolute Gasteiger partial charge is 0.141 e. The molecule has 5 heteroatoms. The zero-order valence-corrected chi connectivity index (χ0v) is 16.4. The molecule has 0 aliphatic heterocycles. The highest BCUT2D eigenvalue weighted by molar-refractivity contribution is 5.85. The van der Waals surface area contributed by atoms with Crippen LogP contribution in [0.25, 0.3) is 22.2 Å². The molecule has 138 valence electrons. The molecule has 0 saturated carbocycles. The van der Waals surface area contributed by atoms with E-state index in [4.69, 9.17) is 9.51 Å². The second-order valence-corrected chi connectivity index (χ2v) is 7.37. The normalized spacial score (nSPS) is 12.8. The third-order valence-corrected chi connectivity index (χ3v) is 5.17. The van der Waals surface area contributed by atoms with Gasteiger partial charge in [0.15, 0.2) is 0 Å². The molecule has 0 saturated heterocycles. The minimum Gasteiger partial charge on any atom is -0.361 e. The fraction of sp³-hybridized carbons (Fsp3) is 0.318. The highest BCUT2D eigenvalue weighted by Crippen LogP contribution is 2.34. The van der Waals surface area contributed by atoms with Crippen LogP contribution < -0.4 is 0 Å². The summed E-state index contributed by atoms with van der Waals surface area (Å²) in [5.74, 6) is 1.20. The van der Waals surface area contributed by atoms with Crippen molar-refractivity contribution in [2.75, 3.05) is 0 Å². The zero-order valence-electron chi connectivity index (χ0n) is 16.4. The van der Waals surface area contributed by atoms with Crippen molar-refractivity contribution in [2.24, 2.45) is 0 Å². The van der Waals surface area contributed by atoms with Gasteiger partial charge in [0, 0.05) is 29.7 Å². The Balaban J connectivity index is 1.94. The highest BCUT2D eigenvalue weighted by atomic mass is 16.5. The fourth-order valence-corrected chi connectivity index (χ4v) is 3.69. The third kappa shape index (κ3) is 2.93. The van der Waals surface area contributed by atoms with Crippen molar-refractivity contribution < 1.29 is 4.52 Å². The number of rotatable bonds is 4. The summed E-state index contributed by atoms with van der Waals surface area (Å²) in [5.41, 5.74) is 7.37. The van der Waals surface area contributed by atoms with Crippen LogP contribution in [0, 0.1) is 13.8 Å². The molecule has 4 rings (SSSR count). The minimum atomic E-state index is 0.114. The van der Waals surface area contributed by atoms with Crippen LogP contribution in [0.5, 0.6) is 0 Å². The average Bonchev–Trinajstić information content (AvgIpc) is 3.21. The van der Waals surface area contributed by atoms with Crippen molar-refractivity contribution in [3.8, 4) is 11.1 Å². The maximum absolute atomic E-state index is 5.36. The molecule has 0 amide bonds. The van der Waals surface area contributed by atoms with E-state index in [-0.39, 0.29) is 6.04 Å². The van der Waals surface area contributed by atoms with Crippen LogP contribution in [-0.2, 0) is 0 Å². The Morgan fingerprint density at radius 3 is 2.52 bits per heavy atom. The van der Waals surface area contributed by atoms with Gasteiger partial charge in [-0.25, -0.2) is 0 Å². The van der Waals surface area contributed by atoms with E-state index in [2.05, 4.69) is 53.8 Å². The average molecular weight is 360 g/mol. The summed E-state index contributed by atoms with van der Waals surface area (Å²) in [5, 5.41) is 4.09. The molecule has 0 unspecified atom stereocenters. The summed E-state index contributed by atoms with van der Waals surface area (Å²) in [6.45, 7) is 10.5. The van der Waals surface area contributed by atoms with Gasteiger partial charge in [0.2, 0.25) is 0 Å². The molecule has 4 aromatic heterocycles. The fourth-order valence-electron chi connectivity index (χ4n) is 3.69. The summed E-state index contributed by atoms with van der Waals surface area (Å²) < 4.78 is 7.64. The molecule has 0 aliphatic carbocycles. The van der Waals surface area contributed by atoms with E-state index in [1.807, 2.05) is 38.4 Å². The van der Waals surface area contributed by atoms with E-state index < -0.39 is 0 Å². The minimum absolute atomic E-state index is 0.114. The molecule has 0 bridgehead atoms. The second-order valence-electron chi connectivity index (χ2n) is 7.37. The van der Waals surface area contributed by atoms with Gasteiger partial charge < -0.3 is 9.09 Å². The first-order valence-corrected chi connectivity index (χ1v) is 9.32. The molecule has 1 atom stereocenters. The first-order valence-electron chi connectivity index (χ1n) is 9.32. The number of fused-ring (bicyclic) bond motifs is 1. The van der Waals surface area contributed by atoms with Gasteiger partial charge >= 0.3 is 0 Å². The van der Waals surface area contributed by atoms with Crippen LogP contribution in [0.1, 0.15) is 55.4 Å². The van der Waals surface area contributed by atoms with E-state index in [1.165, 1.54) is 5.56 Å². The molecule has 4 heterocycles. The van der Waals surface area contributed by atoms with Crippen molar-refractivity contribution in [1.29, 1.82) is 0 Å². The van der Waals surface area contributed by atoms with Crippen molar-refractivity contribution in [1.82, 2.24) is 19.7 Å². The largest absolute Gasteiger partial charge is 0.361 e. The summed E-state index contributed by atoms with van der Waals surface area (Å²) in [4.78, 5) is 9.38. The maximum atomic E-state index is 5.36. The third-order valence-electron chi connectivity index (χ3n) is 5.17. The Morgan fingerprint density at radius 2 is 1.89 bits per heavy atom. The lowest BCUT2D eigenvalue weighted by atomic mass is 10.0. The Labute approximate surface area is 159 Å². The number of pyridine rings is 2. The quantitative estimate of drug-likeness (QED) is 0.486. The van der Waals surface area contributed by atoms with E-state index in [0.717, 1.165) is 39.3 Å². The Kier molecular flexibility index (Phi) is 4.30. The van der Waals surface area contributed by atoms with Crippen LogP contribution in [0.15, 0.2) is 47.4 Å². The monoisotopic (exact) mass is 360 g/mol. The second kappa shape index (κ2) is 6.65. The SMILES string of the molecule is Cc1noc(C)c1-c1cnc2c(C(C)C)cn([C@H](C)c3ccccn3)c2c1. The molecule has 5 nitrogen and oxygen atoms in total. The zero-order chi connectivity index (χ0) is 19.1. The summed E-state index contributed by atoms with van der Waals surface area (Å²) in [6.07, 6.45) is 5.99. The lowest BCUT2D eigenvalue weighted by Gasteiger charge is -2.15. The van der Waals surface area contributed by atoms with Crippen LogP contribution >= 0.6 is 0 Å². The van der Waals surface area contributed by atoms with Crippen LogP contribution in [0.4, 0.5) is 0 Å². The Hall–Kier alpha value is -2.95. The first kappa shape index (κ1) is 17.5. The number of aryl methyl sites for hydroxylation is 2. The highest BCUT2D eigenvalue weighted by Gasteiger charge is 2.20. The number of nitrogens with zero attached hydrogens (tertiary/aromatic N) is 4. The topological polar surface area (TPSA) is 56.7 Å². The molecule has 0 aliphatic rings. The number of hydrogen-bond donors (Lipinski definition) is 0. The molecule has 27 heavy (non-hydrogen) atoms. The van der Waals surface area contributed by atoms with E-state index in [0.29, 0.717) is 5.92 Å². The lowest BCUT2D eigenvalue weighted by Crippen LogP contribution is -2.07. The van der Waals surface area contributed by atoms with Crippen molar-refractivity contribution in [3.05, 3.63) is 65.6 Å². The molecule has 0 radical (unpaired) electrons. The predicted octanol–water partition coefficient (Wildman–Crippen LogP) is 5.44. The Morgan fingerprint density at radius 1 is 1.07 bits per heavy atom. The van der Waals surface area contributed by atoms with Gasteiger partial charge in [0.1, 0.15) is 5.76 Å². The van der Waals surface area contributed by atoms with Crippen LogP contribution in [0.3, 0.4) is 0 Å². The number of aromatic nitrogens is 4. The lowest BCUT2D eigenvalue weighted by molar-refractivity contribution is 0.393. The van der Waals surface area contributed by atoms with Gasteiger partial charge in [0.25, 0.3) is 0 Å². The van der Waals surface area contributed by atoms with Crippen molar-refractivity contribution >= 4 is 11.0 Å². The van der Waals surface area contributed by atoms with E-state index in [9.17, 15) is 0 Å². The van der Waals surface area contributed by atoms with E-state index >= 15 is 0 Å². The molecule has 4 aromatic rings. The first-order chi connectivity index (χ1) is 13.0. The van der Waals surface area contributed by atoms with Crippen molar-refractivity contribution in [3.63, 3.8) is 0 Å². The van der Waals surface area contributed by atoms with Gasteiger partial charge in [-0.1, -0.05) is 25.1 Å². The van der Waals surface area contributed by atoms with Gasteiger partial charge in [-0.05, 0) is 50.5 Å². The van der Waals surface area contributed by atoms with Gasteiger partial charge in [-0.3, -0.25) is 9.97 Å². The summed E-state index contributed by atoms with van der Waals surface area (Å²) in [7, 11) is 0. The molecule has 0 fully saturated rings. The van der Waals surface area contributed by atoms with Gasteiger partial charge in [-0.2, -0.15) is 0 Å². The van der Waals surface area contributed by atoms with Crippen LogP contribution in [-0.4, -0.2) is 19.7 Å². The molecule has 0 N–H and O–H groups in total. The summed E-state index contributed by atoms with van der Waals surface area (Å²) in [6, 6.07) is 8.35. The number of hydrogen-bond acceptors (Lipinski definition) is 4. The molecule has 0 spiro atoms. The van der Waals surface area contributed by atoms with E-state index in [1.54, 1.807) is 0 Å². The van der Waals surface area contributed by atoms with Gasteiger partial charge in [-0.15, -0.1) is 0 Å². The molecular weight excluding hydrogens is 336 g/mol. The Bertz CT molecular complexity index is 1070. The maximum Gasteiger partial charge on any atom is 0.141 e. The summed E-state index contributed by atoms with van der Waals surface area (Å²) >= 11 is 0.